The van der Waals surface area contributed by atoms with Crippen molar-refractivity contribution in [2.75, 3.05) is 39.3 Å². The topological polar surface area (TPSA) is 24.5 Å². The molecule has 3 heteroatoms. The maximum atomic E-state index is 5.72. The lowest BCUT2D eigenvalue weighted by atomic mass is 10.1. The largest absolute Gasteiger partial charge is 0.374 e. The van der Waals surface area contributed by atoms with E-state index in [0.29, 0.717) is 6.10 Å². The molecule has 0 aromatic heterocycles. The lowest BCUT2D eigenvalue weighted by Gasteiger charge is -2.30. The van der Waals surface area contributed by atoms with Crippen LogP contribution in [0.2, 0.25) is 0 Å². The summed E-state index contributed by atoms with van der Waals surface area (Å²) < 4.78 is 5.72. The SMILES string of the molecule is CCC(C)CN(CC)CC1CNCCO1. The minimum absolute atomic E-state index is 0.391. The summed E-state index contributed by atoms with van der Waals surface area (Å²) in [7, 11) is 0. The van der Waals surface area contributed by atoms with Crippen molar-refractivity contribution < 1.29 is 4.74 Å². The minimum atomic E-state index is 0.391. The van der Waals surface area contributed by atoms with Gasteiger partial charge in [0.2, 0.25) is 0 Å². The van der Waals surface area contributed by atoms with Gasteiger partial charge in [-0.2, -0.15) is 0 Å². The first-order valence-electron chi connectivity index (χ1n) is 6.30. The highest BCUT2D eigenvalue weighted by atomic mass is 16.5. The predicted molar refractivity (Wildman–Crippen MR) is 64.2 cm³/mol. The van der Waals surface area contributed by atoms with Crippen molar-refractivity contribution in [2.24, 2.45) is 5.92 Å². The molecule has 1 aliphatic heterocycles. The van der Waals surface area contributed by atoms with E-state index in [2.05, 4.69) is 31.0 Å². The number of hydrogen-bond acceptors (Lipinski definition) is 3. The molecular formula is C12H26N2O. The van der Waals surface area contributed by atoms with Gasteiger partial charge in [0.25, 0.3) is 0 Å². The zero-order chi connectivity index (χ0) is 11.1. The first-order valence-corrected chi connectivity index (χ1v) is 6.30. The monoisotopic (exact) mass is 214 g/mol. The number of rotatable bonds is 6. The van der Waals surface area contributed by atoms with Crippen molar-refractivity contribution in [1.29, 1.82) is 0 Å². The van der Waals surface area contributed by atoms with E-state index in [9.17, 15) is 0 Å². The quantitative estimate of drug-likeness (QED) is 0.722. The van der Waals surface area contributed by atoms with Crippen LogP contribution in [0.5, 0.6) is 0 Å². The van der Waals surface area contributed by atoms with E-state index in [1.165, 1.54) is 13.0 Å². The van der Waals surface area contributed by atoms with Gasteiger partial charge in [-0.1, -0.05) is 27.2 Å². The fraction of sp³-hybridized carbons (Fsp3) is 1.00. The fourth-order valence-corrected chi connectivity index (χ4v) is 1.93. The third-order valence-corrected chi connectivity index (χ3v) is 3.18. The van der Waals surface area contributed by atoms with Crippen LogP contribution >= 0.6 is 0 Å². The Hall–Kier alpha value is -0.120. The molecule has 0 spiro atoms. The van der Waals surface area contributed by atoms with Gasteiger partial charge in [-0.05, 0) is 12.5 Å². The molecule has 1 rings (SSSR count). The zero-order valence-corrected chi connectivity index (χ0v) is 10.5. The van der Waals surface area contributed by atoms with Gasteiger partial charge in [0, 0.05) is 26.2 Å². The van der Waals surface area contributed by atoms with Gasteiger partial charge < -0.3 is 15.0 Å². The van der Waals surface area contributed by atoms with E-state index >= 15 is 0 Å². The molecule has 0 saturated carbocycles. The van der Waals surface area contributed by atoms with E-state index in [0.717, 1.165) is 38.7 Å². The molecule has 1 N–H and O–H groups in total. The Bertz CT molecular complexity index is 158. The molecule has 3 nitrogen and oxygen atoms in total. The van der Waals surface area contributed by atoms with Crippen LogP contribution in [0, 0.1) is 5.92 Å². The molecule has 0 radical (unpaired) electrons. The van der Waals surface area contributed by atoms with Crippen LogP contribution in [-0.2, 0) is 4.74 Å². The van der Waals surface area contributed by atoms with Crippen LogP contribution in [-0.4, -0.2) is 50.3 Å². The van der Waals surface area contributed by atoms with Crippen molar-refractivity contribution in [3.8, 4) is 0 Å². The predicted octanol–water partition coefficient (Wildman–Crippen LogP) is 1.34. The summed E-state index contributed by atoms with van der Waals surface area (Å²) in [6, 6.07) is 0. The highest BCUT2D eigenvalue weighted by Crippen LogP contribution is 2.06. The second-order valence-corrected chi connectivity index (χ2v) is 4.56. The van der Waals surface area contributed by atoms with E-state index in [1.54, 1.807) is 0 Å². The van der Waals surface area contributed by atoms with Crippen LogP contribution in [0.25, 0.3) is 0 Å². The highest BCUT2D eigenvalue weighted by Gasteiger charge is 2.17. The fourth-order valence-electron chi connectivity index (χ4n) is 1.93. The molecule has 0 bridgehead atoms. The Labute approximate surface area is 94.2 Å². The lowest BCUT2D eigenvalue weighted by Crippen LogP contribution is -2.46. The standard InChI is InChI=1S/C12H26N2O/c1-4-11(3)9-14(5-2)10-12-8-13-6-7-15-12/h11-13H,4-10H2,1-3H3. The molecule has 0 amide bonds. The van der Waals surface area contributed by atoms with Gasteiger partial charge >= 0.3 is 0 Å². The summed E-state index contributed by atoms with van der Waals surface area (Å²) in [5, 5.41) is 3.38. The number of ether oxygens (including phenoxy) is 1. The van der Waals surface area contributed by atoms with Crippen LogP contribution in [0.15, 0.2) is 0 Å². The normalized spacial score (nSPS) is 24.4. The Morgan fingerprint density at radius 2 is 2.27 bits per heavy atom. The van der Waals surface area contributed by atoms with E-state index in [1.807, 2.05) is 0 Å². The highest BCUT2D eigenvalue weighted by molar-refractivity contribution is 4.72. The van der Waals surface area contributed by atoms with E-state index in [4.69, 9.17) is 4.74 Å². The number of nitrogens with zero attached hydrogens (tertiary/aromatic N) is 1. The van der Waals surface area contributed by atoms with Crippen LogP contribution in [0.1, 0.15) is 27.2 Å². The van der Waals surface area contributed by atoms with Crippen molar-refractivity contribution in [3.05, 3.63) is 0 Å². The molecule has 0 aromatic rings. The van der Waals surface area contributed by atoms with Crippen LogP contribution in [0.4, 0.5) is 0 Å². The maximum Gasteiger partial charge on any atom is 0.0826 e. The van der Waals surface area contributed by atoms with Gasteiger partial charge in [0.15, 0.2) is 0 Å². The molecule has 1 fully saturated rings. The Kier molecular flexibility index (Phi) is 6.22. The van der Waals surface area contributed by atoms with Crippen molar-refractivity contribution in [2.45, 2.75) is 33.3 Å². The second-order valence-electron chi connectivity index (χ2n) is 4.56. The van der Waals surface area contributed by atoms with E-state index in [-0.39, 0.29) is 0 Å². The molecule has 2 atom stereocenters. The third-order valence-electron chi connectivity index (χ3n) is 3.18. The van der Waals surface area contributed by atoms with Gasteiger partial charge in [0.1, 0.15) is 0 Å². The van der Waals surface area contributed by atoms with E-state index < -0.39 is 0 Å². The average Bonchev–Trinajstić information content (AvgIpc) is 2.29. The Balaban J connectivity index is 2.25. The van der Waals surface area contributed by atoms with Crippen LogP contribution < -0.4 is 5.32 Å². The molecule has 15 heavy (non-hydrogen) atoms. The molecule has 90 valence electrons. The van der Waals surface area contributed by atoms with Gasteiger partial charge in [0.05, 0.1) is 12.7 Å². The smallest absolute Gasteiger partial charge is 0.0826 e. The number of nitrogens with one attached hydrogen (secondary N) is 1. The first-order chi connectivity index (χ1) is 7.26. The number of likely N-dealkylation sites (N-methyl/N-ethyl adjacent to an activating group) is 1. The second kappa shape index (κ2) is 7.20. The van der Waals surface area contributed by atoms with Crippen molar-refractivity contribution >= 4 is 0 Å². The molecule has 2 unspecified atom stereocenters. The summed E-state index contributed by atoms with van der Waals surface area (Å²) in [6.45, 7) is 13.1. The zero-order valence-electron chi connectivity index (χ0n) is 10.5. The number of morpholine rings is 1. The Morgan fingerprint density at radius 3 is 2.80 bits per heavy atom. The molecule has 0 aliphatic carbocycles. The lowest BCUT2D eigenvalue weighted by molar-refractivity contribution is 0.00413. The minimum Gasteiger partial charge on any atom is -0.374 e. The van der Waals surface area contributed by atoms with Gasteiger partial charge in [-0.25, -0.2) is 0 Å². The molecule has 1 aliphatic rings. The molecular weight excluding hydrogens is 188 g/mol. The maximum absolute atomic E-state index is 5.72. The molecule has 0 aromatic carbocycles. The molecule has 1 saturated heterocycles. The van der Waals surface area contributed by atoms with Gasteiger partial charge in [-0.15, -0.1) is 0 Å². The average molecular weight is 214 g/mol. The summed E-state index contributed by atoms with van der Waals surface area (Å²) in [6.07, 6.45) is 1.66. The molecule has 1 heterocycles. The third kappa shape index (κ3) is 4.96. The Morgan fingerprint density at radius 1 is 1.47 bits per heavy atom. The first kappa shape index (κ1) is 12.9. The summed E-state index contributed by atoms with van der Waals surface area (Å²) in [5.41, 5.74) is 0. The summed E-state index contributed by atoms with van der Waals surface area (Å²) in [5.74, 6) is 0.793. The van der Waals surface area contributed by atoms with Crippen LogP contribution in [0.3, 0.4) is 0 Å². The van der Waals surface area contributed by atoms with Gasteiger partial charge in [-0.3, -0.25) is 0 Å². The summed E-state index contributed by atoms with van der Waals surface area (Å²) in [4.78, 5) is 2.51. The van der Waals surface area contributed by atoms with Crippen molar-refractivity contribution in [1.82, 2.24) is 10.2 Å². The van der Waals surface area contributed by atoms with Crippen molar-refractivity contribution in [3.63, 3.8) is 0 Å². The summed E-state index contributed by atoms with van der Waals surface area (Å²) >= 11 is 0. The number of hydrogen-bond donors (Lipinski definition) is 1.